The molecule has 5 rings (SSSR count). The number of rotatable bonds is 4. The Labute approximate surface area is 204 Å². The molecule has 2 atom stereocenters. The summed E-state index contributed by atoms with van der Waals surface area (Å²) in [4.78, 5) is 56.2. The lowest BCUT2D eigenvalue weighted by Crippen LogP contribution is -2.44. The van der Waals surface area contributed by atoms with Crippen LogP contribution in [0.4, 0.5) is 5.69 Å². The molecule has 0 radical (unpaired) electrons. The van der Waals surface area contributed by atoms with Gasteiger partial charge in [-0.1, -0.05) is 36.9 Å². The van der Waals surface area contributed by atoms with Crippen molar-refractivity contribution >= 4 is 46.5 Å². The zero-order valence-corrected chi connectivity index (χ0v) is 20.7. The van der Waals surface area contributed by atoms with E-state index in [0.29, 0.717) is 42.8 Å². The minimum atomic E-state index is -0.740. The normalized spacial score (nSPS) is 23.6. The molecule has 1 aromatic heterocycles. The Bertz CT molecular complexity index is 1210. The number of benzene rings is 1. The minimum absolute atomic E-state index is 0.0878. The predicted molar refractivity (Wildman–Crippen MR) is 128 cm³/mol. The maximum absolute atomic E-state index is 13.5. The van der Waals surface area contributed by atoms with E-state index < -0.39 is 16.6 Å². The summed E-state index contributed by atoms with van der Waals surface area (Å²) in [5.41, 5.74) is -0.249. The highest BCUT2D eigenvalue weighted by Gasteiger charge is 2.59. The number of fused-ring (bicyclic) bond motifs is 2. The number of nitrogens with zero attached hydrogens (tertiary/aromatic N) is 3. The third-order valence-corrected chi connectivity index (χ3v) is 9.51. The Hall–Kier alpha value is -2.63. The number of thiazole rings is 1. The molecule has 3 amide bonds. The van der Waals surface area contributed by atoms with Crippen LogP contribution < -0.4 is 14.5 Å². The topological polar surface area (TPSA) is 98.2 Å². The van der Waals surface area contributed by atoms with Crippen LogP contribution in [0.1, 0.15) is 18.7 Å². The summed E-state index contributed by atoms with van der Waals surface area (Å²) in [6, 6.07) is 6.80. The molecule has 34 heavy (non-hydrogen) atoms. The monoisotopic (exact) mass is 503 g/mol. The van der Waals surface area contributed by atoms with Gasteiger partial charge >= 0.3 is 4.87 Å². The molecule has 2 fully saturated rings. The van der Waals surface area contributed by atoms with E-state index >= 15 is 0 Å². The molecule has 180 valence electrons. The zero-order chi connectivity index (χ0) is 24.2. The molecule has 3 aliphatic heterocycles. The number of methoxy groups -OCH3 is 1. The predicted octanol–water partition coefficient (Wildman–Crippen LogP) is 1.72. The van der Waals surface area contributed by atoms with Gasteiger partial charge in [-0.2, -0.15) is 0 Å². The van der Waals surface area contributed by atoms with Crippen molar-refractivity contribution in [2.75, 3.05) is 38.3 Å². The van der Waals surface area contributed by atoms with Gasteiger partial charge in [-0.3, -0.25) is 23.7 Å². The van der Waals surface area contributed by atoms with Crippen LogP contribution in [0.25, 0.3) is 0 Å². The van der Waals surface area contributed by atoms with Crippen molar-refractivity contribution < 1.29 is 23.9 Å². The van der Waals surface area contributed by atoms with Crippen molar-refractivity contribution in [1.29, 1.82) is 0 Å². The number of thioether (sulfide) groups is 1. The average Bonchev–Trinajstić information content (AvgIpc) is 3.28. The van der Waals surface area contributed by atoms with Crippen LogP contribution in [0.2, 0.25) is 0 Å². The Balaban J connectivity index is 1.48. The van der Waals surface area contributed by atoms with E-state index in [1.807, 2.05) is 13.8 Å². The molecule has 11 heteroatoms. The van der Waals surface area contributed by atoms with Gasteiger partial charge in [0.2, 0.25) is 17.7 Å². The number of carbonyl (C=O) groups excluding carboxylic acids is 3. The summed E-state index contributed by atoms with van der Waals surface area (Å²) in [5.74, 6) is -0.721. The number of carbonyl (C=O) groups is 3. The second-order valence-corrected chi connectivity index (χ2v) is 11.1. The Morgan fingerprint density at radius 2 is 1.79 bits per heavy atom. The van der Waals surface area contributed by atoms with E-state index in [2.05, 4.69) is 0 Å². The average molecular weight is 504 g/mol. The van der Waals surface area contributed by atoms with Crippen LogP contribution in [-0.2, 0) is 31.1 Å². The molecule has 0 spiro atoms. The Morgan fingerprint density at radius 1 is 1.12 bits per heavy atom. The van der Waals surface area contributed by atoms with Crippen molar-refractivity contribution in [3.05, 3.63) is 38.8 Å². The summed E-state index contributed by atoms with van der Waals surface area (Å²) in [7, 11) is 1.55. The van der Waals surface area contributed by atoms with E-state index in [1.54, 1.807) is 36.3 Å². The highest BCUT2D eigenvalue weighted by molar-refractivity contribution is 8.00. The van der Waals surface area contributed by atoms with Crippen LogP contribution >= 0.6 is 23.1 Å². The number of aromatic nitrogens is 1. The second kappa shape index (κ2) is 8.54. The van der Waals surface area contributed by atoms with Crippen molar-refractivity contribution in [1.82, 2.24) is 9.47 Å². The fraction of sp³-hybridized carbons (Fsp3) is 0.478. The van der Waals surface area contributed by atoms with Gasteiger partial charge in [-0.25, -0.2) is 4.90 Å². The fourth-order valence-corrected chi connectivity index (χ4v) is 7.84. The van der Waals surface area contributed by atoms with Crippen LogP contribution in [-0.4, -0.2) is 65.9 Å². The van der Waals surface area contributed by atoms with Crippen LogP contribution in [0, 0.1) is 5.92 Å². The third kappa shape index (κ3) is 3.57. The molecule has 2 aromatic rings. The van der Waals surface area contributed by atoms with E-state index in [4.69, 9.17) is 9.47 Å². The molecule has 3 aliphatic rings. The molecule has 2 saturated heterocycles. The number of ether oxygens (including phenoxy) is 2. The van der Waals surface area contributed by atoms with Gasteiger partial charge in [-0.15, -0.1) is 0 Å². The van der Waals surface area contributed by atoms with Gasteiger partial charge in [0.1, 0.15) is 17.5 Å². The smallest absolute Gasteiger partial charge is 0.308 e. The molecule has 0 aliphatic carbocycles. The third-order valence-electron chi connectivity index (χ3n) is 6.69. The number of hydrogen-bond acceptors (Lipinski definition) is 8. The summed E-state index contributed by atoms with van der Waals surface area (Å²) in [6.45, 7) is 5.65. The van der Waals surface area contributed by atoms with Crippen LogP contribution in [0.5, 0.6) is 5.75 Å². The summed E-state index contributed by atoms with van der Waals surface area (Å²) < 4.78 is 12.0. The number of imide groups is 1. The lowest BCUT2D eigenvalue weighted by atomic mass is 9.76. The molecule has 0 bridgehead atoms. The summed E-state index contributed by atoms with van der Waals surface area (Å²) in [5, 5.41) is -0.0589. The molecular formula is C23H25N3O6S2. The van der Waals surface area contributed by atoms with Gasteiger partial charge in [0.15, 0.2) is 0 Å². The number of hydrogen-bond donors (Lipinski definition) is 0. The first-order chi connectivity index (χ1) is 16.2. The highest BCUT2D eigenvalue weighted by atomic mass is 32.2. The van der Waals surface area contributed by atoms with Crippen molar-refractivity contribution in [3.8, 4) is 5.75 Å². The SMILES string of the molecule is COc1ccc(N2C(=O)[C@H]3Sc4c(sc(=O)n4CC(=O)N4CCOCC4)C(C)(C)[C@H]3C2=O)cc1. The molecule has 0 unspecified atom stereocenters. The number of anilines is 1. The van der Waals surface area contributed by atoms with E-state index in [9.17, 15) is 19.2 Å². The summed E-state index contributed by atoms with van der Waals surface area (Å²) >= 11 is 2.28. The Morgan fingerprint density at radius 3 is 2.44 bits per heavy atom. The van der Waals surface area contributed by atoms with Gasteiger partial charge in [0.25, 0.3) is 0 Å². The van der Waals surface area contributed by atoms with E-state index in [-0.39, 0.29) is 29.1 Å². The van der Waals surface area contributed by atoms with Crippen molar-refractivity contribution in [3.63, 3.8) is 0 Å². The van der Waals surface area contributed by atoms with Gasteiger partial charge < -0.3 is 14.4 Å². The Kier molecular flexibility index (Phi) is 5.81. The van der Waals surface area contributed by atoms with Crippen LogP contribution in [0.3, 0.4) is 0 Å². The summed E-state index contributed by atoms with van der Waals surface area (Å²) in [6.07, 6.45) is 0. The standard InChI is InChI=1S/C23H25N3O6S2/c1-23(2)16-17(20(29)26(19(16)28)13-4-6-14(31-3)7-5-13)33-21-18(23)34-22(30)25(21)12-15(27)24-8-10-32-11-9-24/h4-7,16-17H,8-12H2,1-3H3/t16-,17+/m1/s1. The van der Waals surface area contributed by atoms with Crippen molar-refractivity contribution in [2.24, 2.45) is 5.92 Å². The second-order valence-electron chi connectivity index (χ2n) is 9.03. The minimum Gasteiger partial charge on any atom is -0.497 e. The first-order valence-corrected chi connectivity index (χ1v) is 12.7. The maximum Gasteiger partial charge on any atom is 0.308 e. The first-order valence-electron chi connectivity index (χ1n) is 11.0. The van der Waals surface area contributed by atoms with Gasteiger partial charge in [-0.05, 0) is 24.3 Å². The maximum atomic E-state index is 13.5. The fourth-order valence-electron chi connectivity index (χ4n) is 4.80. The van der Waals surface area contributed by atoms with E-state index in [0.717, 1.165) is 16.2 Å². The largest absolute Gasteiger partial charge is 0.497 e. The van der Waals surface area contributed by atoms with Gasteiger partial charge in [0.05, 0.1) is 37.0 Å². The molecule has 9 nitrogen and oxygen atoms in total. The first kappa shape index (κ1) is 23.1. The van der Waals surface area contributed by atoms with E-state index in [1.165, 1.54) is 21.2 Å². The molecule has 4 heterocycles. The molecular weight excluding hydrogens is 478 g/mol. The molecule has 1 aromatic carbocycles. The van der Waals surface area contributed by atoms with Crippen LogP contribution in [0.15, 0.2) is 34.1 Å². The quantitative estimate of drug-likeness (QED) is 0.586. The molecule has 0 N–H and O–H groups in total. The van der Waals surface area contributed by atoms with Crippen molar-refractivity contribution in [2.45, 2.75) is 36.1 Å². The number of morpholine rings is 1. The lowest BCUT2D eigenvalue weighted by Gasteiger charge is -2.36. The molecule has 0 saturated carbocycles. The number of amides is 3. The lowest BCUT2D eigenvalue weighted by molar-refractivity contribution is -0.136. The zero-order valence-electron chi connectivity index (χ0n) is 19.1. The highest BCUT2D eigenvalue weighted by Crippen LogP contribution is 2.54. The van der Waals surface area contributed by atoms with Gasteiger partial charge in [0, 0.05) is 23.4 Å².